The average molecular weight is 342 g/mol. The molecular weight excluding hydrogens is 332 g/mol. The number of hydrogen-bond acceptors (Lipinski definition) is 3. The van der Waals surface area contributed by atoms with Crippen molar-refractivity contribution in [2.75, 3.05) is 0 Å². The molecule has 1 aromatic heterocycles. The number of carboxylic acids is 1. The summed E-state index contributed by atoms with van der Waals surface area (Å²) in [5, 5.41) is 8.84. The molecule has 4 nitrogen and oxygen atoms in total. The van der Waals surface area contributed by atoms with E-state index in [4.69, 9.17) is 33.0 Å². The Kier molecular flexibility index (Phi) is 3.70. The van der Waals surface area contributed by atoms with Gasteiger partial charge < -0.3 is 9.84 Å². The zero-order valence-electron chi connectivity index (χ0n) is 11.1. The smallest absolute Gasteiger partial charge is 0.338 e. The van der Waals surface area contributed by atoms with Gasteiger partial charge >= 0.3 is 5.97 Å². The monoisotopic (exact) mass is 341 g/mol. The number of hydrogen-bond donors (Lipinski definition) is 1. The lowest BCUT2D eigenvalue weighted by Crippen LogP contribution is -2.01. The van der Waals surface area contributed by atoms with Crippen LogP contribution >= 0.6 is 23.2 Å². The third kappa shape index (κ3) is 2.87. The molecule has 1 fully saturated rings. The van der Waals surface area contributed by atoms with E-state index in [0.717, 1.165) is 30.5 Å². The fraction of sp³-hybridized carbons (Fsp3) is 0.200. The van der Waals surface area contributed by atoms with E-state index in [-0.39, 0.29) is 10.8 Å². The molecule has 22 heavy (non-hydrogen) atoms. The molecule has 0 bridgehead atoms. The fourth-order valence-corrected chi connectivity index (χ4v) is 2.42. The van der Waals surface area contributed by atoms with Crippen molar-refractivity contribution in [3.05, 3.63) is 52.6 Å². The van der Waals surface area contributed by atoms with Gasteiger partial charge in [-0.2, -0.15) is 0 Å². The summed E-state index contributed by atoms with van der Waals surface area (Å²) < 4.78 is 19.2. The van der Waals surface area contributed by atoms with E-state index >= 15 is 0 Å². The maximum atomic E-state index is 13.7. The molecule has 114 valence electrons. The highest BCUT2D eigenvalue weighted by Crippen LogP contribution is 2.52. The van der Waals surface area contributed by atoms with Gasteiger partial charge in [-0.3, -0.25) is 4.98 Å². The van der Waals surface area contributed by atoms with Crippen molar-refractivity contribution in [3.63, 3.8) is 0 Å². The summed E-state index contributed by atoms with van der Waals surface area (Å²) >= 11 is 12.2. The van der Waals surface area contributed by atoms with Crippen LogP contribution in [-0.2, 0) is 4.87 Å². The first kappa shape index (κ1) is 15.1. The number of nitrogens with zero attached hydrogens (tertiary/aromatic N) is 1. The maximum absolute atomic E-state index is 13.7. The molecule has 0 unspecified atom stereocenters. The van der Waals surface area contributed by atoms with E-state index in [9.17, 15) is 9.18 Å². The van der Waals surface area contributed by atoms with Crippen molar-refractivity contribution in [1.82, 2.24) is 4.98 Å². The number of carbonyl (C=O) groups is 1. The Morgan fingerprint density at radius 2 is 2.05 bits per heavy atom. The molecule has 0 amide bonds. The molecule has 1 saturated carbocycles. The van der Waals surface area contributed by atoms with E-state index in [1.807, 2.05) is 0 Å². The number of carboxylic acid groups (broad SMARTS) is 1. The Morgan fingerprint density at radius 3 is 2.68 bits per heavy atom. The zero-order chi connectivity index (χ0) is 15.9. The topological polar surface area (TPSA) is 59.4 Å². The SMILES string of the molecule is O=C(O)c1cc(Cl)c(Oc2cncc(C3(Cl)CC3)c2)cc1F. The summed E-state index contributed by atoms with van der Waals surface area (Å²) in [7, 11) is 0. The highest BCUT2D eigenvalue weighted by molar-refractivity contribution is 6.32. The molecular formula is C15H10Cl2FNO3. The lowest BCUT2D eigenvalue weighted by molar-refractivity contribution is 0.0692. The second-order valence-corrected chi connectivity index (χ2v) is 6.18. The van der Waals surface area contributed by atoms with Crippen molar-refractivity contribution in [2.24, 2.45) is 0 Å². The van der Waals surface area contributed by atoms with Gasteiger partial charge in [0, 0.05) is 12.3 Å². The zero-order valence-corrected chi connectivity index (χ0v) is 12.7. The van der Waals surface area contributed by atoms with Crippen molar-refractivity contribution in [1.29, 1.82) is 0 Å². The molecule has 0 radical (unpaired) electrons. The number of pyridine rings is 1. The summed E-state index contributed by atoms with van der Waals surface area (Å²) in [6.45, 7) is 0. The molecule has 0 atom stereocenters. The number of ether oxygens (including phenoxy) is 1. The average Bonchev–Trinajstić information content (AvgIpc) is 3.22. The first-order chi connectivity index (χ1) is 10.4. The first-order valence-corrected chi connectivity index (χ1v) is 7.19. The van der Waals surface area contributed by atoms with Gasteiger partial charge in [0.2, 0.25) is 0 Å². The number of rotatable bonds is 4. The molecule has 1 aromatic carbocycles. The van der Waals surface area contributed by atoms with Gasteiger partial charge in [0.15, 0.2) is 0 Å². The van der Waals surface area contributed by atoms with Crippen LogP contribution in [-0.4, -0.2) is 16.1 Å². The molecule has 0 aliphatic heterocycles. The molecule has 0 spiro atoms. The van der Waals surface area contributed by atoms with Crippen LogP contribution in [0, 0.1) is 5.82 Å². The van der Waals surface area contributed by atoms with Gasteiger partial charge in [0.1, 0.15) is 17.3 Å². The largest absolute Gasteiger partial charge is 0.478 e. The van der Waals surface area contributed by atoms with E-state index in [2.05, 4.69) is 4.98 Å². The molecule has 1 aliphatic carbocycles. The van der Waals surface area contributed by atoms with Gasteiger partial charge in [0.05, 0.1) is 21.7 Å². The highest BCUT2D eigenvalue weighted by atomic mass is 35.5. The van der Waals surface area contributed by atoms with Gasteiger partial charge in [-0.1, -0.05) is 11.6 Å². The van der Waals surface area contributed by atoms with Crippen LogP contribution in [0.5, 0.6) is 11.5 Å². The lowest BCUT2D eigenvalue weighted by atomic mass is 10.2. The molecule has 1 aliphatic rings. The quantitative estimate of drug-likeness (QED) is 0.826. The third-order valence-corrected chi connectivity index (χ3v) is 4.29. The van der Waals surface area contributed by atoms with E-state index in [1.165, 1.54) is 6.20 Å². The Hall–Kier alpha value is -1.85. The second-order valence-electron chi connectivity index (χ2n) is 5.04. The molecule has 1 N–H and O–H groups in total. The predicted octanol–water partition coefficient (Wildman–Crippen LogP) is 4.59. The number of aromatic nitrogens is 1. The van der Waals surface area contributed by atoms with Crippen LogP contribution in [0.15, 0.2) is 30.6 Å². The van der Waals surface area contributed by atoms with Crippen LogP contribution in [0.25, 0.3) is 0 Å². The number of alkyl halides is 1. The Labute approximate surface area is 135 Å². The van der Waals surface area contributed by atoms with E-state index in [1.54, 1.807) is 12.3 Å². The van der Waals surface area contributed by atoms with Crippen LogP contribution < -0.4 is 4.74 Å². The number of benzene rings is 1. The van der Waals surface area contributed by atoms with Crippen molar-refractivity contribution in [3.8, 4) is 11.5 Å². The number of halogens is 3. The summed E-state index contributed by atoms with van der Waals surface area (Å²) in [5.74, 6) is -1.95. The van der Waals surface area contributed by atoms with Crippen molar-refractivity contribution >= 4 is 29.2 Å². The standard InChI is InChI=1S/C15H10Cl2FNO3/c16-11-4-10(14(20)21)12(18)5-13(11)22-9-3-8(6-19-7-9)15(17)1-2-15/h3-7H,1-2H2,(H,20,21). The minimum atomic E-state index is -1.40. The lowest BCUT2D eigenvalue weighted by Gasteiger charge is -2.11. The maximum Gasteiger partial charge on any atom is 0.338 e. The van der Waals surface area contributed by atoms with Gasteiger partial charge in [-0.05, 0) is 30.5 Å². The summed E-state index contributed by atoms with van der Waals surface area (Å²) in [5.41, 5.74) is 0.312. The Balaban J connectivity index is 1.90. The van der Waals surface area contributed by atoms with Gasteiger partial charge in [0.25, 0.3) is 0 Å². The molecule has 2 aromatic rings. The van der Waals surface area contributed by atoms with Crippen LogP contribution in [0.1, 0.15) is 28.8 Å². The van der Waals surface area contributed by atoms with Crippen LogP contribution in [0.4, 0.5) is 4.39 Å². The van der Waals surface area contributed by atoms with Crippen LogP contribution in [0.3, 0.4) is 0 Å². The van der Waals surface area contributed by atoms with Crippen LogP contribution in [0.2, 0.25) is 5.02 Å². The second kappa shape index (κ2) is 5.41. The minimum Gasteiger partial charge on any atom is -0.478 e. The molecule has 7 heteroatoms. The van der Waals surface area contributed by atoms with E-state index < -0.39 is 22.2 Å². The number of aromatic carboxylic acids is 1. The molecule has 0 saturated heterocycles. The molecule has 1 heterocycles. The van der Waals surface area contributed by atoms with E-state index in [0.29, 0.717) is 5.75 Å². The Morgan fingerprint density at radius 1 is 1.32 bits per heavy atom. The normalized spacial score (nSPS) is 15.4. The minimum absolute atomic E-state index is 0.00351. The first-order valence-electron chi connectivity index (χ1n) is 6.44. The molecule has 3 rings (SSSR count). The van der Waals surface area contributed by atoms with Crippen molar-refractivity contribution in [2.45, 2.75) is 17.7 Å². The van der Waals surface area contributed by atoms with Crippen molar-refractivity contribution < 1.29 is 19.0 Å². The predicted molar refractivity (Wildman–Crippen MR) is 79.4 cm³/mol. The highest BCUT2D eigenvalue weighted by Gasteiger charge is 2.42. The Bertz CT molecular complexity index is 762. The summed E-state index contributed by atoms with van der Waals surface area (Å²) in [6, 6.07) is 3.66. The summed E-state index contributed by atoms with van der Waals surface area (Å²) in [6.07, 6.45) is 4.83. The third-order valence-electron chi connectivity index (χ3n) is 3.40. The fourth-order valence-electron chi connectivity index (χ4n) is 2.02. The summed E-state index contributed by atoms with van der Waals surface area (Å²) in [4.78, 5) is 14.5. The van der Waals surface area contributed by atoms with Gasteiger partial charge in [-0.15, -0.1) is 11.6 Å². The van der Waals surface area contributed by atoms with Gasteiger partial charge in [-0.25, -0.2) is 9.18 Å².